The van der Waals surface area contributed by atoms with Crippen LogP contribution in [0, 0.1) is 0 Å². The van der Waals surface area contributed by atoms with Gasteiger partial charge in [-0.15, -0.1) is 0 Å². The number of fused-ring (bicyclic) bond motifs is 2. The van der Waals surface area contributed by atoms with Crippen LogP contribution >= 0.6 is 0 Å². The predicted molar refractivity (Wildman–Crippen MR) is 120 cm³/mol. The van der Waals surface area contributed by atoms with Crippen LogP contribution in [0.1, 0.15) is 36.8 Å². The number of carbonyl (C=O) groups is 3. The molecule has 0 heterocycles. The Morgan fingerprint density at radius 2 is 0.900 bits per heavy atom. The first-order valence-corrected chi connectivity index (χ1v) is 10.1. The molecule has 0 spiro atoms. The lowest BCUT2D eigenvalue weighted by Gasteiger charge is -2.16. The molecule has 0 amide bonds. The van der Waals surface area contributed by atoms with Crippen LogP contribution < -0.4 is 0 Å². The van der Waals surface area contributed by atoms with Crippen molar-refractivity contribution < 1.29 is 14.4 Å². The van der Waals surface area contributed by atoms with E-state index in [9.17, 15) is 14.4 Å². The molecule has 2 unspecified atom stereocenters. The fraction of sp³-hybridized carbons (Fsp3) is 0.148. The zero-order valence-corrected chi connectivity index (χ0v) is 17.0. The first-order chi connectivity index (χ1) is 14.5. The minimum Gasteiger partial charge on any atom is -0.290 e. The maximum Gasteiger partial charge on any atom is 0.265 e. The van der Waals surface area contributed by atoms with Gasteiger partial charge >= 0.3 is 0 Å². The minimum absolute atomic E-state index is 0.663. The van der Waals surface area contributed by atoms with Crippen molar-refractivity contribution >= 4 is 38.9 Å². The van der Waals surface area contributed by atoms with E-state index >= 15 is 0 Å². The van der Waals surface area contributed by atoms with Crippen molar-refractivity contribution in [2.24, 2.45) is 0 Å². The number of carbonyl (C=O) groups excluding carboxylic acids is 3. The van der Waals surface area contributed by atoms with Crippen molar-refractivity contribution in [1.82, 2.24) is 0 Å². The van der Waals surface area contributed by atoms with Gasteiger partial charge in [-0.1, -0.05) is 98.8 Å². The highest BCUT2D eigenvalue weighted by Crippen LogP contribution is 2.29. The topological polar surface area (TPSA) is 51.2 Å². The second-order valence-corrected chi connectivity index (χ2v) is 7.64. The smallest absolute Gasteiger partial charge is 0.265 e. The Labute approximate surface area is 175 Å². The highest BCUT2D eigenvalue weighted by Gasteiger charge is 2.33. The van der Waals surface area contributed by atoms with E-state index in [1.54, 1.807) is 13.8 Å². The molecule has 0 saturated heterocycles. The molecule has 0 aliphatic carbocycles. The first-order valence-electron chi connectivity index (χ1n) is 10.1. The van der Waals surface area contributed by atoms with E-state index in [1.165, 1.54) is 0 Å². The fourth-order valence-corrected chi connectivity index (χ4v) is 4.05. The third-order valence-electron chi connectivity index (χ3n) is 5.81. The van der Waals surface area contributed by atoms with Gasteiger partial charge in [-0.2, -0.15) is 0 Å². The molecule has 0 aromatic heterocycles. The molecule has 0 bridgehead atoms. The molecule has 3 nitrogen and oxygen atoms in total. The van der Waals surface area contributed by atoms with Crippen LogP contribution in [0.2, 0.25) is 0 Å². The molecule has 0 aliphatic heterocycles. The maximum absolute atomic E-state index is 13.0. The molecule has 4 aromatic rings. The SMILES string of the molecule is CC(C(=O)C(=O)C(=O)C(C)c1cccc2ccccc12)c1cccc2ccccc12. The van der Waals surface area contributed by atoms with Gasteiger partial charge in [0.1, 0.15) is 0 Å². The Morgan fingerprint density at radius 3 is 1.33 bits per heavy atom. The zero-order chi connectivity index (χ0) is 21.3. The third-order valence-corrected chi connectivity index (χ3v) is 5.81. The van der Waals surface area contributed by atoms with E-state index < -0.39 is 29.2 Å². The van der Waals surface area contributed by atoms with Crippen LogP contribution in [0.4, 0.5) is 0 Å². The third kappa shape index (κ3) is 3.43. The van der Waals surface area contributed by atoms with Crippen molar-refractivity contribution in [2.75, 3.05) is 0 Å². The molecule has 4 rings (SSSR count). The van der Waals surface area contributed by atoms with Gasteiger partial charge in [0.05, 0.1) is 0 Å². The van der Waals surface area contributed by atoms with E-state index in [-0.39, 0.29) is 0 Å². The van der Waals surface area contributed by atoms with Gasteiger partial charge in [-0.3, -0.25) is 14.4 Å². The molecule has 30 heavy (non-hydrogen) atoms. The summed E-state index contributed by atoms with van der Waals surface area (Å²) < 4.78 is 0. The lowest BCUT2D eigenvalue weighted by Crippen LogP contribution is -2.31. The van der Waals surface area contributed by atoms with Crippen LogP contribution in [-0.4, -0.2) is 17.3 Å². The van der Waals surface area contributed by atoms with Gasteiger partial charge in [0.25, 0.3) is 5.78 Å². The van der Waals surface area contributed by atoms with Crippen LogP contribution in [0.25, 0.3) is 21.5 Å². The Kier molecular flexibility index (Phi) is 5.28. The summed E-state index contributed by atoms with van der Waals surface area (Å²) in [6, 6.07) is 26.8. The number of hydrogen-bond acceptors (Lipinski definition) is 3. The molecule has 3 heteroatoms. The highest BCUT2D eigenvalue weighted by molar-refractivity contribution is 6.65. The summed E-state index contributed by atoms with van der Waals surface area (Å²) in [5.74, 6) is -3.64. The average Bonchev–Trinajstić information content (AvgIpc) is 2.81. The Hall–Kier alpha value is -3.59. The van der Waals surface area contributed by atoms with Crippen LogP contribution in [0.5, 0.6) is 0 Å². The number of ketones is 3. The molecular formula is C27H22O3. The van der Waals surface area contributed by atoms with Gasteiger partial charge in [0.2, 0.25) is 11.6 Å². The standard InChI is InChI=1S/C27H22O3/c1-17(21-15-7-11-19-9-3-5-13-23(19)21)25(28)27(30)26(29)18(2)22-16-8-12-20-10-4-6-14-24(20)22/h3-18H,1-2H3. The molecule has 148 valence electrons. The highest BCUT2D eigenvalue weighted by atomic mass is 16.2. The number of rotatable bonds is 6. The molecule has 0 fully saturated rings. The van der Waals surface area contributed by atoms with Crippen molar-refractivity contribution in [3.8, 4) is 0 Å². The summed E-state index contributed by atoms with van der Waals surface area (Å²) in [4.78, 5) is 38.8. The second kappa shape index (κ2) is 8.03. The summed E-state index contributed by atoms with van der Waals surface area (Å²) in [6.45, 7) is 3.38. The summed E-state index contributed by atoms with van der Waals surface area (Å²) in [6.07, 6.45) is 0. The molecule has 0 aliphatic rings. The molecule has 2 atom stereocenters. The average molecular weight is 394 g/mol. The number of benzene rings is 4. The first kappa shape index (κ1) is 19.7. The van der Waals surface area contributed by atoms with E-state index in [4.69, 9.17) is 0 Å². The zero-order valence-electron chi connectivity index (χ0n) is 17.0. The van der Waals surface area contributed by atoms with Crippen molar-refractivity contribution in [1.29, 1.82) is 0 Å². The van der Waals surface area contributed by atoms with Gasteiger partial charge < -0.3 is 0 Å². The molecule has 4 aromatic carbocycles. The summed E-state index contributed by atoms with van der Waals surface area (Å²) in [7, 11) is 0. The fourth-order valence-electron chi connectivity index (χ4n) is 4.05. The maximum atomic E-state index is 13.0. The van der Waals surface area contributed by atoms with Gasteiger partial charge in [0, 0.05) is 11.8 Å². The lowest BCUT2D eigenvalue weighted by molar-refractivity contribution is -0.144. The van der Waals surface area contributed by atoms with E-state index in [1.807, 2.05) is 84.9 Å². The van der Waals surface area contributed by atoms with E-state index in [2.05, 4.69) is 0 Å². The lowest BCUT2D eigenvalue weighted by atomic mass is 9.85. The predicted octanol–water partition coefficient (Wildman–Crippen LogP) is 5.61. The van der Waals surface area contributed by atoms with Gasteiger partial charge in [0.15, 0.2) is 0 Å². The van der Waals surface area contributed by atoms with Crippen molar-refractivity contribution in [3.63, 3.8) is 0 Å². The minimum atomic E-state index is -0.934. The van der Waals surface area contributed by atoms with Crippen LogP contribution in [0.15, 0.2) is 84.9 Å². The van der Waals surface area contributed by atoms with Crippen LogP contribution in [-0.2, 0) is 14.4 Å². The Balaban J connectivity index is 1.63. The second-order valence-electron chi connectivity index (χ2n) is 7.64. The largest absolute Gasteiger partial charge is 0.290 e. The molecule has 0 saturated carbocycles. The quantitative estimate of drug-likeness (QED) is 0.316. The molecule has 0 N–H and O–H groups in total. The van der Waals surface area contributed by atoms with Gasteiger partial charge in [-0.05, 0) is 32.7 Å². The van der Waals surface area contributed by atoms with Crippen molar-refractivity contribution in [3.05, 3.63) is 96.1 Å². The molecule has 0 radical (unpaired) electrons. The molecular weight excluding hydrogens is 372 g/mol. The monoisotopic (exact) mass is 394 g/mol. The number of Topliss-reactive ketones (excluding diaryl/α,β-unsaturated/α-hetero) is 3. The van der Waals surface area contributed by atoms with Gasteiger partial charge in [-0.25, -0.2) is 0 Å². The summed E-state index contributed by atoms with van der Waals surface area (Å²) in [5.41, 5.74) is 1.52. The van der Waals surface area contributed by atoms with E-state index in [0.29, 0.717) is 0 Å². The normalized spacial score (nSPS) is 13.1. The Morgan fingerprint density at radius 1 is 0.533 bits per heavy atom. The Bertz CT molecular complexity index is 1180. The van der Waals surface area contributed by atoms with Crippen LogP contribution in [0.3, 0.4) is 0 Å². The van der Waals surface area contributed by atoms with E-state index in [0.717, 1.165) is 32.7 Å². The summed E-state index contributed by atoms with van der Waals surface area (Å²) >= 11 is 0. The summed E-state index contributed by atoms with van der Waals surface area (Å²) in [5, 5.41) is 3.83. The van der Waals surface area contributed by atoms with Crippen molar-refractivity contribution in [2.45, 2.75) is 25.7 Å². The number of hydrogen-bond donors (Lipinski definition) is 0.